The molecule has 1 aliphatic rings. The molecule has 2 N–H and O–H groups in total. The van der Waals surface area contributed by atoms with E-state index in [0.29, 0.717) is 19.4 Å². The van der Waals surface area contributed by atoms with Crippen molar-refractivity contribution in [3.05, 3.63) is 12.7 Å². The number of hydrogen-bond acceptors (Lipinski definition) is 2. The number of hydrogen-bond donors (Lipinski definition) is 2. The molecule has 1 fully saturated rings. The van der Waals surface area contributed by atoms with Gasteiger partial charge in [0.1, 0.15) is 0 Å². The maximum absolute atomic E-state index is 11.5. The smallest absolute Gasteiger partial charge is 0.317 e. The number of likely N-dealkylation sites (N-methyl/N-ethyl adjacent to an activating group) is 1. The highest BCUT2D eigenvalue weighted by Crippen LogP contribution is 2.40. The van der Waals surface area contributed by atoms with E-state index < -0.39 is 11.4 Å². The summed E-state index contributed by atoms with van der Waals surface area (Å²) in [6, 6.07) is -0.257. The van der Waals surface area contributed by atoms with Crippen molar-refractivity contribution in [1.29, 1.82) is 0 Å². The van der Waals surface area contributed by atoms with Gasteiger partial charge in [0.2, 0.25) is 0 Å². The van der Waals surface area contributed by atoms with Gasteiger partial charge in [-0.3, -0.25) is 4.79 Å². The predicted octanol–water partition coefficient (Wildman–Crippen LogP) is 1.07. The van der Waals surface area contributed by atoms with Crippen LogP contribution >= 0.6 is 0 Å². The van der Waals surface area contributed by atoms with E-state index in [1.165, 1.54) is 4.90 Å². The van der Waals surface area contributed by atoms with E-state index in [4.69, 9.17) is 5.11 Å². The molecule has 0 bridgehead atoms. The Morgan fingerprint density at radius 1 is 1.56 bits per heavy atom. The Morgan fingerprint density at radius 3 is 2.56 bits per heavy atom. The van der Waals surface area contributed by atoms with Crippen LogP contribution < -0.4 is 5.32 Å². The van der Waals surface area contributed by atoms with Gasteiger partial charge in [0, 0.05) is 20.1 Å². The highest BCUT2D eigenvalue weighted by molar-refractivity contribution is 5.78. The minimum atomic E-state index is -0.814. The summed E-state index contributed by atoms with van der Waals surface area (Å²) in [5, 5.41) is 11.7. The zero-order valence-electron chi connectivity index (χ0n) is 9.53. The first-order chi connectivity index (χ1) is 7.52. The Labute approximate surface area is 95.1 Å². The summed E-state index contributed by atoms with van der Waals surface area (Å²) >= 11 is 0. The molecule has 1 rings (SSSR count). The van der Waals surface area contributed by atoms with Gasteiger partial charge in [-0.1, -0.05) is 12.5 Å². The van der Waals surface area contributed by atoms with Crippen LogP contribution in [0.1, 0.15) is 19.3 Å². The van der Waals surface area contributed by atoms with Gasteiger partial charge in [-0.2, -0.15) is 0 Å². The van der Waals surface area contributed by atoms with Gasteiger partial charge >= 0.3 is 12.0 Å². The summed E-state index contributed by atoms with van der Waals surface area (Å²) in [4.78, 5) is 24.0. The molecule has 0 aliphatic heterocycles. The molecule has 0 atom stereocenters. The van der Waals surface area contributed by atoms with E-state index in [1.54, 1.807) is 13.1 Å². The van der Waals surface area contributed by atoms with Gasteiger partial charge in [-0.05, 0) is 12.8 Å². The Hall–Kier alpha value is -1.52. The summed E-state index contributed by atoms with van der Waals surface area (Å²) in [5.41, 5.74) is -0.731. The van der Waals surface area contributed by atoms with E-state index in [2.05, 4.69) is 11.9 Å². The molecule has 2 amide bonds. The van der Waals surface area contributed by atoms with Crippen molar-refractivity contribution in [3.8, 4) is 0 Å². The second-order valence-electron chi connectivity index (χ2n) is 4.27. The van der Waals surface area contributed by atoms with Crippen LogP contribution in [0, 0.1) is 5.41 Å². The lowest BCUT2D eigenvalue weighted by atomic mass is 9.69. The summed E-state index contributed by atoms with van der Waals surface area (Å²) in [5.74, 6) is -0.814. The lowest BCUT2D eigenvalue weighted by Gasteiger charge is -2.37. The van der Waals surface area contributed by atoms with Crippen LogP contribution in [0.25, 0.3) is 0 Å². The third kappa shape index (κ3) is 2.53. The van der Waals surface area contributed by atoms with Crippen molar-refractivity contribution in [2.45, 2.75) is 19.3 Å². The van der Waals surface area contributed by atoms with Gasteiger partial charge in [0.15, 0.2) is 0 Å². The third-order valence-corrected chi connectivity index (χ3v) is 3.09. The summed E-state index contributed by atoms with van der Waals surface area (Å²) in [7, 11) is 1.64. The number of nitrogens with zero attached hydrogens (tertiary/aromatic N) is 1. The first-order valence-electron chi connectivity index (χ1n) is 5.35. The molecule has 0 saturated heterocycles. The number of aliphatic carboxylic acids is 1. The number of carboxylic acids is 1. The minimum absolute atomic E-state index is 0.211. The molecule has 90 valence electrons. The molecular weight excluding hydrogens is 208 g/mol. The summed E-state index contributed by atoms with van der Waals surface area (Å²) in [6.45, 7) is 4.19. The molecule has 0 aromatic heterocycles. The molecule has 16 heavy (non-hydrogen) atoms. The van der Waals surface area contributed by atoms with Gasteiger partial charge in [0.25, 0.3) is 0 Å². The lowest BCUT2D eigenvalue weighted by molar-refractivity contribution is -0.153. The van der Waals surface area contributed by atoms with Gasteiger partial charge in [0.05, 0.1) is 5.41 Å². The van der Waals surface area contributed by atoms with Crippen LogP contribution in [0.4, 0.5) is 4.79 Å². The third-order valence-electron chi connectivity index (χ3n) is 3.09. The highest BCUT2D eigenvalue weighted by atomic mass is 16.4. The maximum Gasteiger partial charge on any atom is 0.317 e. The van der Waals surface area contributed by atoms with Crippen molar-refractivity contribution in [3.63, 3.8) is 0 Å². The monoisotopic (exact) mass is 226 g/mol. The predicted molar refractivity (Wildman–Crippen MR) is 60.1 cm³/mol. The average Bonchev–Trinajstić information content (AvgIpc) is 2.15. The van der Waals surface area contributed by atoms with Crippen LogP contribution in [0.3, 0.4) is 0 Å². The first-order valence-corrected chi connectivity index (χ1v) is 5.35. The van der Waals surface area contributed by atoms with Crippen LogP contribution in [0.15, 0.2) is 12.7 Å². The molecule has 0 heterocycles. The molecule has 0 spiro atoms. The van der Waals surface area contributed by atoms with E-state index in [9.17, 15) is 9.59 Å². The largest absolute Gasteiger partial charge is 0.481 e. The van der Waals surface area contributed by atoms with Gasteiger partial charge < -0.3 is 15.3 Å². The van der Waals surface area contributed by atoms with Crippen molar-refractivity contribution in [1.82, 2.24) is 10.2 Å². The topological polar surface area (TPSA) is 69.6 Å². The fourth-order valence-corrected chi connectivity index (χ4v) is 1.73. The molecule has 0 radical (unpaired) electrons. The Bertz CT molecular complexity index is 298. The summed E-state index contributed by atoms with van der Waals surface area (Å²) in [6.07, 6.45) is 3.84. The van der Waals surface area contributed by atoms with Crippen molar-refractivity contribution in [2.75, 3.05) is 20.1 Å². The van der Waals surface area contributed by atoms with E-state index in [1.807, 2.05) is 0 Å². The molecule has 0 unspecified atom stereocenters. The highest BCUT2D eigenvalue weighted by Gasteiger charge is 2.44. The van der Waals surface area contributed by atoms with Crippen molar-refractivity contribution < 1.29 is 14.7 Å². The zero-order valence-corrected chi connectivity index (χ0v) is 9.53. The second-order valence-corrected chi connectivity index (χ2v) is 4.27. The fourth-order valence-electron chi connectivity index (χ4n) is 1.73. The Morgan fingerprint density at radius 2 is 2.19 bits per heavy atom. The molecule has 5 nitrogen and oxygen atoms in total. The van der Waals surface area contributed by atoms with E-state index >= 15 is 0 Å². The molecular formula is C11H18N2O3. The van der Waals surface area contributed by atoms with E-state index in [-0.39, 0.29) is 12.6 Å². The number of urea groups is 1. The quantitative estimate of drug-likeness (QED) is 0.689. The van der Waals surface area contributed by atoms with Crippen LogP contribution in [0.2, 0.25) is 0 Å². The standard InChI is InChI=1S/C11H18N2O3/c1-3-7-13(2)10(16)12-8-11(9(14)15)5-4-6-11/h3H,1,4-8H2,2H3,(H,12,16)(H,14,15). The molecule has 0 aromatic rings. The minimum Gasteiger partial charge on any atom is -0.481 e. The number of carboxylic acid groups (broad SMARTS) is 1. The number of rotatable bonds is 5. The Kier molecular flexibility index (Phi) is 3.93. The zero-order chi connectivity index (χ0) is 12.2. The molecule has 1 aliphatic carbocycles. The van der Waals surface area contributed by atoms with Gasteiger partial charge in [-0.25, -0.2) is 4.79 Å². The number of carbonyl (C=O) groups is 2. The second kappa shape index (κ2) is 5.01. The number of carbonyl (C=O) groups excluding carboxylic acids is 1. The normalized spacial score (nSPS) is 17.1. The first kappa shape index (κ1) is 12.5. The van der Waals surface area contributed by atoms with Gasteiger partial charge in [-0.15, -0.1) is 6.58 Å². The molecule has 5 heteroatoms. The average molecular weight is 226 g/mol. The van der Waals surface area contributed by atoms with Crippen LogP contribution in [0.5, 0.6) is 0 Å². The lowest BCUT2D eigenvalue weighted by Crippen LogP contribution is -2.50. The Balaban J connectivity index is 2.41. The number of amides is 2. The van der Waals surface area contributed by atoms with Crippen LogP contribution in [-0.4, -0.2) is 42.1 Å². The summed E-state index contributed by atoms with van der Waals surface area (Å²) < 4.78 is 0. The van der Waals surface area contributed by atoms with Crippen molar-refractivity contribution >= 4 is 12.0 Å². The fraction of sp³-hybridized carbons (Fsp3) is 0.636. The van der Waals surface area contributed by atoms with E-state index in [0.717, 1.165) is 6.42 Å². The molecule has 0 aromatic carbocycles. The number of nitrogens with one attached hydrogen (secondary N) is 1. The maximum atomic E-state index is 11.5. The SMILES string of the molecule is C=CCN(C)C(=O)NCC1(C(=O)O)CCC1. The van der Waals surface area contributed by atoms with Crippen molar-refractivity contribution in [2.24, 2.45) is 5.41 Å². The van der Waals surface area contributed by atoms with Crippen LogP contribution in [-0.2, 0) is 4.79 Å². The molecule has 1 saturated carbocycles.